The fraction of sp³-hybridized carbons (Fsp3) is 0.0769. The molecular formula is C13H8ClF3N2O2. The molecule has 0 fully saturated rings. The van der Waals surface area contributed by atoms with Crippen LogP contribution in [0.25, 0.3) is 0 Å². The summed E-state index contributed by atoms with van der Waals surface area (Å²) >= 11 is 5.72. The van der Waals surface area contributed by atoms with E-state index in [1.807, 2.05) is 0 Å². The maximum Gasteiger partial charge on any atom is 0.416 e. The van der Waals surface area contributed by atoms with Gasteiger partial charge in [0.2, 0.25) is 0 Å². The van der Waals surface area contributed by atoms with Gasteiger partial charge in [0.1, 0.15) is 5.75 Å². The first-order valence-electron chi connectivity index (χ1n) is 5.60. The van der Waals surface area contributed by atoms with Crippen LogP contribution in [0.5, 0.6) is 5.75 Å². The van der Waals surface area contributed by atoms with Gasteiger partial charge in [0, 0.05) is 6.20 Å². The number of carbonyl (C=O) groups is 1. The molecule has 1 aromatic carbocycles. The summed E-state index contributed by atoms with van der Waals surface area (Å²) in [6.45, 7) is 0. The average molecular weight is 317 g/mol. The number of hydrogen-bond acceptors (Lipinski definition) is 3. The second kappa shape index (κ2) is 5.61. The van der Waals surface area contributed by atoms with Gasteiger partial charge in [-0.15, -0.1) is 0 Å². The zero-order valence-corrected chi connectivity index (χ0v) is 11.0. The van der Waals surface area contributed by atoms with Crippen LogP contribution in [0.2, 0.25) is 5.02 Å². The number of carbonyl (C=O) groups excluding carboxylic acids is 1. The van der Waals surface area contributed by atoms with Crippen molar-refractivity contribution in [2.24, 2.45) is 0 Å². The number of hydrogen-bond donors (Lipinski definition) is 2. The van der Waals surface area contributed by atoms with E-state index in [9.17, 15) is 23.1 Å². The van der Waals surface area contributed by atoms with Crippen LogP contribution in [-0.2, 0) is 6.18 Å². The number of nitrogens with one attached hydrogen (secondary N) is 1. The second-order valence-corrected chi connectivity index (χ2v) is 4.45. The normalized spacial score (nSPS) is 11.2. The highest BCUT2D eigenvalue weighted by Crippen LogP contribution is 2.34. The lowest BCUT2D eigenvalue weighted by Gasteiger charge is -2.11. The smallest absolute Gasteiger partial charge is 0.416 e. The van der Waals surface area contributed by atoms with Crippen LogP contribution in [0.3, 0.4) is 0 Å². The number of rotatable bonds is 2. The molecule has 0 spiro atoms. The number of aromatic nitrogens is 1. The molecule has 8 heteroatoms. The maximum atomic E-state index is 12.5. The van der Waals surface area contributed by atoms with Crippen LogP contribution in [-0.4, -0.2) is 16.0 Å². The van der Waals surface area contributed by atoms with E-state index >= 15 is 0 Å². The summed E-state index contributed by atoms with van der Waals surface area (Å²) in [4.78, 5) is 15.5. The van der Waals surface area contributed by atoms with Crippen molar-refractivity contribution in [3.63, 3.8) is 0 Å². The lowest BCUT2D eigenvalue weighted by Crippen LogP contribution is -2.13. The van der Waals surface area contributed by atoms with Crippen molar-refractivity contribution in [3.05, 3.63) is 52.8 Å². The third kappa shape index (κ3) is 3.43. The molecular weight excluding hydrogens is 309 g/mol. The average Bonchev–Trinajstić information content (AvgIpc) is 2.40. The predicted molar refractivity (Wildman–Crippen MR) is 70.3 cm³/mol. The highest BCUT2D eigenvalue weighted by atomic mass is 35.5. The van der Waals surface area contributed by atoms with Crippen LogP contribution < -0.4 is 5.32 Å². The first kappa shape index (κ1) is 15.1. The topological polar surface area (TPSA) is 62.2 Å². The van der Waals surface area contributed by atoms with Gasteiger partial charge in [0.15, 0.2) is 0 Å². The molecule has 4 nitrogen and oxygen atoms in total. The van der Waals surface area contributed by atoms with Gasteiger partial charge >= 0.3 is 6.18 Å². The van der Waals surface area contributed by atoms with Crippen LogP contribution in [0.15, 0.2) is 36.7 Å². The fourth-order valence-corrected chi connectivity index (χ4v) is 1.79. The molecule has 0 saturated heterocycles. The minimum Gasteiger partial charge on any atom is -0.505 e. The summed E-state index contributed by atoms with van der Waals surface area (Å²) in [5, 5.41) is 11.5. The Morgan fingerprint density at radius 2 is 2.00 bits per heavy atom. The van der Waals surface area contributed by atoms with Crippen molar-refractivity contribution in [2.75, 3.05) is 5.32 Å². The minimum absolute atomic E-state index is 0.00544. The van der Waals surface area contributed by atoms with E-state index in [0.717, 1.165) is 18.3 Å². The third-order valence-corrected chi connectivity index (χ3v) is 2.90. The van der Waals surface area contributed by atoms with Gasteiger partial charge in [0.25, 0.3) is 5.91 Å². The van der Waals surface area contributed by atoms with E-state index in [0.29, 0.717) is 6.07 Å². The number of pyridine rings is 1. The highest BCUT2D eigenvalue weighted by molar-refractivity contribution is 6.34. The molecule has 1 heterocycles. The van der Waals surface area contributed by atoms with Gasteiger partial charge < -0.3 is 10.4 Å². The van der Waals surface area contributed by atoms with Gasteiger partial charge in [-0.25, -0.2) is 0 Å². The van der Waals surface area contributed by atoms with Crippen molar-refractivity contribution in [1.29, 1.82) is 0 Å². The SMILES string of the molecule is O=C(Nc1ccc(C(F)(F)F)cc1Cl)c1ccncc1O. The van der Waals surface area contributed by atoms with Gasteiger partial charge in [-0.05, 0) is 24.3 Å². The van der Waals surface area contributed by atoms with Crippen LogP contribution in [0.1, 0.15) is 15.9 Å². The Labute approximate surface area is 122 Å². The van der Waals surface area contributed by atoms with E-state index in [2.05, 4.69) is 10.3 Å². The summed E-state index contributed by atoms with van der Waals surface area (Å²) in [6, 6.07) is 3.82. The molecule has 0 radical (unpaired) electrons. The molecule has 21 heavy (non-hydrogen) atoms. The van der Waals surface area contributed by atoms with Crippen LogP contribution in [0, 0.1) is 0 Å². The number of benzene rings is 1. The summed E-state index contributed by atoms with van der Waals surface area (Å²) in [7, 11) is 0. The summed E-state index contributed by atoms with van der Waals surface area (Å²) in [5.41, 5.74) is -0.982. The van der Waals surface area contributed by atoms with Crippen molar-refractivity contribution >= 4 is 23.2 Å². The number of anilines is 1. The highest BCUT2D eigenvalue weighted by Gasteiger charge is 2.31. The first-order chi connectivity index (χ1) is 9.79. The third-order valence-electron chi connectivity index (χ3n) is 2.59. The van der Waals surface area contributed by atoms with Gasteiger partial charge in [-0.1, -0.05) is 11.6 Å². The Morgan fingerprint density at radius 1 is 1.29 bits per heavy atom. The quantitative estimate of drug-likeness (QED) is 0.887. The Bertz CT molecular complexity index is 689. The molecule has 0 unspecified atom stereocenters. The predicted octanol–water partition coefficient (Wildman–Crippen LogP) is 3.71. The zero-order valence-electron chi connectivity index (χ0n) is 10.3. The molecule has 0 aliphatic rings. The standard InChI is InChI=1S/C13H8ClF3N2O2/c14-9-5-7(13(15,16)17)1-2-10(9)19-12(21)8-3-4-18-6-11(8)20/h1-6,20H,(H,19,21). The number of nitrogens with zero attached hydrogens (tertiary/aromatic N) is 1. The number of halogens is 4. The summed E-state index contributed by atoms with van der Waals surface area (Å²) in [5.74, 6) is -1.06. The first-order valence-corrected chi connectivity index (χ1v) is 5.98. The molecule has 1 amide bonds. The van der Waals surface area contributed by atoms with Crippen molar-refractivity contribution in [1.82, 2.24) is 4.98 Å². The monoisotopic (exact) mass is 316 g/mol. The Kier molecular flexibility index (Phi) is 4.04. The fourth-order valence-electron chi connectivity index (χ4n) is 1.56. The number of aromatic hydroxyl groups is 1. The summed E-state index contributed by atoms with van der Waals surface area (Å²) < 4.78 is 37.5. The zero-order chi connectivity index (χ0) is 15.6. The molecule has 0 aliphatic heterocycles. The van der Waals surface area contributed by atoms with Gasteiger partial charge in [-0.3, -0.25) is 9.78 Å². The Hall–Kier alpha value is -2.28. The van der Waals surface area contributed by atoms with Gasteiger partial charge in [-0.2, -0.15) is 13.2 Å². The van der Waals surface area contributed by atoms with E-state index in [-0.39, 0.29) is 22.0 Å². The minimum atomic E-state index is -4.52. The molecule has 0 saturated carbocycles. The maximum absolute atomic E-state index is 12.5. The van der Waals surface area contributed by atoms with Crippen LogP contribution in [0.4, 0.5) is 18.9 Å². The molecule has 0 aliphatic carbocycles. The van der Waals surface area contributed by atoms with Crippen molar-refractivity contribution in [3.8, 4) is 5.75 Å². The molecule has 2 aromatic rings. The van der Waals surface area contributed by atoms with Crippen molar-refractivity contribution in [2.45, 2.75) is 6.18 Å². The number of alkyl halides is 3. The second-order valence-electron chi connectivity index (χ2n) is 4.04. The lowest BCUT2D eigenvalue weighted by molar-refractivity contribution is -0.137. The van der Waals surface area contributed by atoms with Gasteiger partial charge in [0.05, 0.1) is 28.0 Å². The van der Waals surface area contributed by atoms with Crippen molar-refractivity contribution < 1.29 is 23.1 Å². The molecule has 0 atom stereocenters. The lowest BCUT2D eigenvalue weighted by atomic mass is 10.2. The molecule has 2 N–H and O–H groups in total. The largest absolute Gasteiger partial charge is 0.505 e. The molecule has 1 aromatic heterocycles. The Balaban J connectivity index is 2.25. The summed E-state index contributed by atoms with van der Waals surface area (Å²) in [6.07, 6.45) is -2.15. The van der Waals surface area contributed by atoms with Crippen LogP contribution >= 0.6 is 11.6 Å². The van der Waals surface area contributed by atoms with E-state index in [4.69, 9.17) is 11.6 Å². The molecule has 110 valence electrons. The molecule has 2 rings (SSSR count). The number of amides is 1. The molecule has 0 bridgehead atoms. The van der Waals surface area contributed by atoms with E-state index < -0.39 is 17.6 Å². The van der Waals surface area contributed by atoms with E-state index in [1.165, 1.54) is 12.3 Å². The van der Waals surface area contributed by atoms with E-state index in [1.54, 1.807) is 0 Å². The Morgan fingerprint density at radius 3 is 2.57 bits per heavy atom.